The first-order valence-corrected chi connectivity index (χ1v) is 8.62. The first kappa shape index (κ1) is 15.0. The predicted molar refractivity (Wildman–Crippen MR) is 80.8 cm³/mol. The van der Waals surface area contributed by atoms with Gasteiger partial charge >= 0.3 is 0 Å². The Morgan fingerprint density at radius 2 is 1.27 bits per heavy atom. The van der Waals surface area contributed by atoms with Crippen LogP contribution in [-0.2, 0) is 0 Å². The molecule has 2 N–H and O–H groups in total. The van der Waals surface area contributed by atoms with Crippen LogP contribution in [0.15, 0.2) is 11.0 Å². The standard InChI is InChI=1S/C12H14N6O2S2/c19-9(11-17-13-5-21-11)15-7-1-2-8(4-3-7)16-10(20)12-18-14-6-22-12/h5-8H,1-4H2,(H,15,19)(H,16,20). The molecule has 1 fully saturated rings. The Kier molecular flexibility index (Phi) is 4.68. The highest BCUT2D eigenvalue weighted by Crippen LogP contribution is 2.20. The van der Waals surface area contributed by atoms with Crippen molar-refractivity contribution >= 4 is 34.5 Å². The van der Waals surface area contributed by atoms with Crippen molar-refractivity contribution in [3.63, 3.8) is 0 Å². The van der Waals surface area contributed by atoms with Crippen LogP contribution in [-0.4, -0.2) is 44.3 Å². The second kappa shape index (κ2) is 6.88. The fourth-order valence-electron chi connectivity index (χ4n) is 2.42. The van der Waals surface area contributed by atoms with Crippen molar-refractivity contribution in [2.24, 2.45) is 0 Å². The van der Waals surface area contributed by atoms with Crippen LogP contribution in [0.1, 0.15) is 45.3 Å². The molecule has 0 bridgehead atoms. The first-order chi connectivity index (χ1) is 10.7. The van der Waals surface area contributed by atoms with Gasteiger partial charge in [0.05, 0.1) is 0 Å². The zero-order valence-corrected chi connectivity index (χ0v) is 13.2. The number of nitrogens with zero attached hydrogens (tertiary/aromatic N) is 4. The maximum atomic E-state index is 11.9. The minimum absolute atomic E-state index is 0.117. The van der Waals surface area contributed by atoms with Gasteiger partial charge in [0.2, 0.25) is 10.0 Å². The van der Waals surface area contributed by atoms with Gasteiger partial charge in [0.1, 0.15) is 11.0 Å². The summed E-state index contributed by atoms with van der Waals surface area (Å²) in [7, 11) is 0. The lowest BCUT2D eigenvalue weighted by molar-refractivity contribution is 0.0891. The van der Waals surface area contributed by atoms with Gasteiger partial charge in [0.15, 0.2) is 0 Å². The van der Waals surface area contributed by atoms with E-state index in [1.807, 2.05) is 0 Å². The molecule has 0 saturated heterocycles. The van der Waals surface area contributed by atoms with E-state index in [1.165, 1.54) is 33.7 Å². The molecule has 0 radical (unpaired) electrons. The van der Waals surface area contributed by atoms with Gasteiger partial charge in [0, 0.05) is 12.1 Å². The summed E-state index contributed by atoms with van der Waals surface area (Å²) in [5.41, 5.74) is 3.07. The number of aromatic nitrogens is 4. The lowest BCUT2D eigenvalue weighted by Gasteiger charge is -2.29. The number of carbonyl (C=O) groups is 2. The lowest BCUT2D eigenvalue weighted by atomic mass is 9.91. The van der Waals surface area contributed by atoms with Crippen LogP contribution in [0.25, 0.3) is 0 Å². The molecule has 0 aliphatic heterocycles. The maximum absolute atomic E-state index is 11.9. The van der Waals surface area contributed by atoms with Gasteiger partial charge in [-0.25, -0.2) is 0 Å². The topological polar surface area (TPSA) is 110 Å². The van der Waals surface area contributed by atoms with Crippen LogP contribution < -0.4 is 10.6 Å². The summed E-state index contributed by atoms with van der Waals surface area (Å²) < 4.78 is 0. The van der Waals surface area contributed by atoms with Crippen molar-refractivity contribution in [3.05, 3.63) is 21.0 Å². The van der Waals surface area contributed by atoms with Crippen LogP contribution in [0, 0.1) is 0 Å². The average molecular weight is 338 g/mol. The van der Waals surface area contributed by atoms with Crippen molar-refractivity contribution in [2.45, 2.75) is 37.8 Å². The van der Waals surface area contributed by atoms with Crippen LogP contribution in [0.3, 0.4) is 0 Å². The molecule has 10 heteroatoms. The van der Waals surface area contributed by atoms with Crippen molar-refractivity contribution in [1.29, 1.82) is 0 Å². The van der Waals surface area contributed by atoms with Crippen molar-refractivity contribution < 1.29 is 9.59 Å². The third kappa shape index (κ3) is 3.63. The molecule has 1 aliphatic rings. The second-order valence-electron chi connectivity index (χ2n) is 4.98. The van der Waals surface area contributed by atoms with Crippen LogP contribution in [0.2, 0.25) is 0 Å². The minimum Gasteiger partial charge on any atom is -0.347 e. The van der Waals surface area contributed by atoms with Crippen molar-refractivity contribution in [2.75, 3.05) is 0 Å². The molecule has 2 heterocycles. The molecule has 0 atom stereocenters. The predicted octanol–water partition coefficient (Wildman–Crippen LogP) is 0.861. The first-order valence-electron chi connectivity index (χ1n) is 6.86. The minimum atomic E-state index is -0.177. The molecule has 0 spiro atoms. The second-order valence-corrected chi connectivity index (χ2v) is 6.65. The van der Waals surface area contributed by atoms with Crippen molar-refractivity contribution in [3.8, 4) is 0 Å². The highest BCUT2D eigenvalue weighted by atomic mass is 32.1. The van der Waals surface area contributed by atoms with Crippen LogP contribution in [0.4, 0.5) is 0 Å². The monoisotopic (exact) mass is 338 g/mol. The third-order valence-corrected chi connectivity index (χ3v) is 4.89. The zero-order chi connectivity index (χ0) is 15.4. The number of nitrogens with one attached hydrogen (secondary N) is 2. The Hall–Kier alpha value is -1.94. The van der Waals surface area contributed by atoms with E-state index >= 15 is 0 Å². The summed E-state index contributed by atoms with van der Waals surface area (Å²) in [6, 6.07) is 0.233. The molecule has 3 rings (SSSR count). The number of amides is 2. The summed E-state index contributed by atoms with van der Waals surface area (Å²) in [6.07, 6.45) is 3.30. The van der Waals surface area contributed by atoms with E-state index < -0.39 is 0 Å². The fraction of sp³-hybridized carbons (Fsp3) is 0.500. The number of rotatable bonds is 4. The van der Waals surface area contributed by atoms with Gasteiger partial charge in [0.25, 0.3) is 11.8 Å². The van der Waals surface area contributed by atoms with Crippen LogP contribution >= 0.6 is 22.7 Å². The molecule has 0 aromatic carbocycles. The van der Waals surface area contributed by atoms with Crippen molar-refractivity contribution in [1.82, 2.24) is 31.0 Å². The number of hydrogen-bond donors (Lipinski definition) is 2. The quantitative estimate of drug-likeness (QED) is 0.855. The molecule has 2 aromatic rings. The van der Waals surface area contributed by atoms with E-state index in [4.69, 9.17) is 0 Å². The van der Waals surface area contributed by atoms with Crippen LogP contribution in [0.5, 0.6) is 0 Å². The van der Waals surface area contributed by atoms with Gasteiger partial charge in [-0.15, -0.1) is 20.4 Å². The van der Waals surface area contributed by atoms with E-state index in [1.54, 1.807) is 0 Å². The average Bonchev–Trinajstić information content (AvgIpc) is 3.23. The summed E-state index contributed by atoms with van der Waals surface area (Å²) in [5.74, 6) is -0.354. The Morgan fingerprint density at radius 1 is 0.864 bits per heavy atom. The molecule has 22 heavy (non-hydrogen) atoms. The molecular weight excluding hydrogens is 324 g/mol. The summed E-state index contributed by atoms with van der Waals surface area (Å²) in [5, 5.41) is 21.5. The van der Waals surface area contributed by atoms with E-state index in [9.17, 15) is 9.59 Å². The van der Waals surface area contributed by atoms with E-state index in [0.29, 0.717) is 10.0 Å². The Balaban J connectivity index is 1.44. The van der Waals surface area contributed by atoms with E-state index in [0.717, 1.165) is 25.7 Å². The summed E-state index contributed by atoms with van der Waals surface area (Å²) >= 11 is 2.45. The molecule has 0 unspecified atom stereocenters. The normalized spacial score (nSPS) is 21.3. The third-order valence-electron chi connectivity index (χ3n) is 3.51. The van der Waals surface area contributed by atoms with E-state index in [-0.39, 0.29) is 23.9 Å². The molecule has 1 aliphatic carbocycles. The van der Waals surface area contributed by atoms with E-state index in [2.05, 4.69) is 31.0 Å². The van der Waals surface area contributed by atoms with Gasteiger partial charge in [-0.3, -0.25) is 9.59 Å². The highest BCUT2D eigenvalue weighted by molar-refractivity contribution is 7.11. The molecule has 2 amide bonds. The Bertz CT molecular complexity index is 566. The van der Waals surface area contributed by atoms with Gasteiger partial charge in [-0.2, -0.15) is 0 Å². The zero-order valence-electron chi connectivity index (χ0n) is 11.6. The molecule has 2 aromatic heterocycles. The molecule has 8 nitrogen and oxygen atoms in total. The van der Waals surface area contributed by atoms with Gasteiger partial charge in [-0.05, 0) is 25.7 Å². The highest BCUT2D eigenvalue weighted by Gasteiger charge is 2.25. The fourth-order valence-corrected chi connectivity index (χ4v) is 3.33. The summed E-state index contributed by atoms with van der Waals surface area (Å²) in [6.45, 7) is 0. The summed E-state index contributed by atoms with van der Waals surface area (Å²) in [4.78, 5) is 23.8. The Labute approximate surface area is 134 Å². The number of hydrogen-bond acceptors (Lipinski definition) is 8. The largest absolute Gasteiger partial charge is 0.347 e. The Morgan fingerprint density at radius 3 is 1.59 bits per heavy atom. The molecule has 116 valence electrons. The SMILES string of the molecule is O=C(NC1CCC(NC(=O)c2nncs2)CC1)c1nncs1. The smallest absolute Gasteiger partial charge is 0.282 e. The number of carbonyl (C=O) groups excluding carboxylic acids is 2. The molecule has 1 saturated carbocycles. The van der Waals surface area contributed by atoms with Gasteiger partial charge < -0.3 is 10.6 Å². The maximum Gasteiger partial charge on any atom is 0.282 e. The van der Waals surface area contributed by atoms with Gasteiger partial charge in [-0.1, -0.05) is 22.7 Å². The lowest BCUT2D eigenvalue weighted by Crippen LogP contribution is -2.43. The molecular formula is C12H14N6O2S2.